The lowest BCUT2D eigenvalue weighted by Gasteiger charge is -2.08. The third-order valence-corrected chi connectivity index (χ3v) is 2.18. The Balaban J connectivity index is 2.86. The second-order valence-corrected chi connectivity index (χ2v) is 3.98. The van der Waals surface area contributed by atoms with Crippen LogP contribution in [0.15, 0.2) is 24.3 Å². The van der Waals surface area contributed by atoms with Gasteiger partial charge in [-0.05, 0) is 18.2 Å². The lowest BCUT2D eigenvalue weighted by Crippen LogP contribution is -2.10. The molecule has 1 aromatic rings. The van der Waals surface area contributed by atoms with Crippen LogP contribution in [0.25, 0.3) is 0 Å². The van der Waals surface area contributed by atoms with Gasteiger partial charge in [-0.3, -0.25) is 0 Å². The Morgan fingerprint density at radius 2 is 2.06 bits per heavy atom. The first-order valence-corrected chi connectivity index (χ1v) is 5.88. The zero-order chi connectivity index (χ0) is 12.2. The molecule has 6 heteroatoms. The van der Waals surface area contributed by atoms with Gasteiger partial charge in [0.15, 0.2) is 0 Å². The lowest BCUT2D eigenvalue weighted by molar-refractivity contribution is -0.137. The largest absolute Gasteiger partial charge is 0.461 e. The fourth-order valence-electron chi connectivity index (χ4n) is 1.04. The van der Waals surface area contributed by atoms with Gasteiger partial charge in [0.05, 0.1) is 11.1 Å². The minimum atomic E-state index is -4.44. The van der Waals surface area contributed by atoms with Gasteiger partial charge < -0.3 is 4.74 Å². The number of esters is 1. The van der Waals surface area contributed by atoms with Gasteiger partial charge in [0.1, 0.15) is 6.61 Å². The molecule has 0 saturated carbocycles. The number of rotatable bonds is 3. The van der Waals surface area contributed by atoms with E-state index in [1.165, 1.54) is 12.1 Å². The molecule has 0 bridgehead atoms. The SMILES string of the molecule is O=C(OCCI)c1cccc(C(F)(F)F)c1. The molecule has 0 N–H and O–H groups in total. The summed E-state index contributed by atoms with van der Waals surface area (Å²) in [5.74, 6) is -0.734. The molecular weight excluding hydrogens is 336 g/mol. The molecule has 0 radical (unpaired) electrons. The first kappa shape index (κ1) is 13.3. The number of hydrogen-bond donors (Lipinski definition) is 0. The third kappa shape index (κ3) is 3.66. The van der Waals surface area contributed by atoms with Crippen molar-refractivity contribution in [2.45, 2.75) is 6.18 Å². The standard InChI is InChI=1S/C10H8F3IO2/c11-10(12,13)8-3-1-2-7(6-8)9(15)16-5-4-14/h1-3,6H,4-5H2. The summed E-state index contributed by atoms with van der Waals surface area (Å²) in [5, 5.41) is 0. The zero-order valence-corrected chi connectivity index (χ0v) is 10.2. The highest BCUT2D eigenvalue weighted by atomic mass is 127. The molecule has 88 valence electrons. The lowest BCUT2D eigenvalue weighted by atomic mass is 10.1. The van der Waals surface area contributed by atoms with Crippen molar-refractivity contribution >= 4 is 28.6 Å². The van der Waals surface area contributed by atoms with E-state index < -0.39 is 17.7 Å². The van der Waals surface area contributed by atoms with Crippen LogP contribution < -0.4 is 0 Å². The van der Waals surface area contributed by atoms with E-state index in [1.54, 1.807) is 0 Å². The molecule has 1 aromatic carbocycles. The summed E-state index contributed by atoms with van der Waals surface area (Å²) in [4.78, 5) is 11.3. The van der Waals surface area contributed by atoms with Crippen LogP contribution in [-0.2, 0) is 10.9 Å². The van der Waals surface area contributed by atoms with E-state index in [0.717, 1.165) is 12.1 Å². The van der Waals surface area contributed by atoms with Gasteiger partial charge in [-0.15, -0.1) is 0 Å². The van der Waals surface area contributed by atoms with Gasteiger partial charge in [-0.25, -0.2) is 4.79 Å². The number of hydrogen-bond acceptors (Lipinski definition) is 2. The molecule has 0 amide bonds. The van der Waals surface area contributed by atoms with E-state index in [0.29, 0.717) is 4.43 Å². The predicted octanol–water partition coefficient (Wildman–Crippen LogP) is 3.30. The van der Waals surface area contributed by atoms with E-state index >= 15 is 0 Å². The molecule has 1 rings (SSSR count). The summed E-state index contributed by atoms with van der Waals surface area (Å²) < 4.78 is 42.3. The molecule has 0 fully saturated rings. The van der Waals surface area contributed by atoms with Crippen LogP contribution >= 0.6 is 22.6 Å². The molecule has 0 heterocycles. The molecule has 0 spiro atoms. The van der Waals surface area contributed by atoms with Crippen LogP contribution in [0.2, 0.25) is 0 Å². The van der Waals surface area contributed by atoms with Crippen LogP contribution in [0.3, 0.4) is 0 Å². The van der Waals surface area contributed by atoms with E-state index in [2.05, 4.69) is 0 Å². The molecule has 0 aromatic heterocycles. The maximum Gasteiger partial charge on any atom is 0.416 e. The Labute approximate surface area is 104 Å². The Morgan fingerprint density at radius 1 is 1.38 bits per heavy atom. The summed E-state index contributed by atoms with van der Waals surface area (Å²) >= 11 is 2.00. The summed E-state index contributed by atoms with van der Waals surface area (Å²) in [6.45, 7) is 0.190. The number of benzene rings is 1. The number of alkyl halides is 4. The van der Waals surface area contributed by atoms with E-state index in [4.69, 9.17) is 4.74 Å². The molecule has 0 unspecified atom stereocenters. The van der Waals surface area contributed by atoms with Crippen molar-refractivity contribution in [1.82, 2.24) is 0 Å². The summed E-state index contributed by atoms with van der Waals surface area (Å²) in [7, 11) is 0. The highest BCUT2D eigenvalue weighted by Crippen LogP contribution is 2.29. The minimum absolute atomic E-state index is 0.0836. The number of halogens is 4. The quantitative estimate of drug-likeness (QED) is 0.478. The molecule has 2 nitrogen and oxygen atoms in total. The van der Waals surface area contributed by atoms with Gasteiger partial charge in [0, 0.05) is 4.43 Å². The topological polar surface area (TPSA) is 26.3 Å². The fraction of sp³-hybridized carbons (Fsp3) is 0.300. The monoisotopic (exact) mass is 344 g/mol. The number of ether oxygens (including phenoxy) is 1. The molecule has 0 saturated heterocycles. The van der Waals surface area contributed by atoms with Crippen molar-refractivity contribution in [2.75, 3.05) is 11.0 Å². The predicted molar refractivity (Wildman–Crippen MR) is 60.6 cm³/mol. The number of carbonyl (C=O) groups is 1. The first-order valence-electron chi connectivity index (χ1n) is 4.35. The molecule has 0 atom stereocenters. The molecular formula is C10H8F3IO2. The Kier molecular flexibility index (Phi) is 4.57. The Hall–Kier alpha value is -0.790. The van der Waals surface area contributed by atoms with Crippen molar-refractivity contribution < 1.29 is 22.7 Å². The van der Waals surface area contributed by atoms with Crippen LogP contribution in [0, 0.1) is 0 Å². The van der Waals surface area contributed by atoms with Crippen molar-refractivity contribution in [2.24, 2.45) is 0 Å². The van der Waals surface area contributed by atoms with Gasteiger partial charge >= 0.3 is 12.1 Å². The van der Waals surface area contributed by atoms with Crippen LogP contribution in [-0.4, -0.2) is 17.0 Å². The van der Waals surface area contributed by atoms with Crippen molar-refractivity contribution in [3.8, 4) is 0 Å². The second-order valence-electron chi connectivity index (χ2n) is 2.90. The van der Waals surface area contributed by atoms with Crippen molar-refractivity contribution in [3.05, 3.63) is 35.4 Å². The van der Waals surface area contributed by atoms with Gasteiger partial charge in [0.2, 0.25) is 0 Å². The number of carbonyl (C=O) groups excluding carboxylic acids is 1. The van der Waals surface area contributed by atoms with E-state index in [1.807, 2.05) is 22.6 Å². The highest BCUT2D eigenvalue weighted by molar-refractivity contribution is 14.1. The smallest absolute Gasteiger partial charge is 0.416 e. The molecule has 0 aliphatic heterocycles. The van der Waals surface area contributed by atoms with Gasteiger partial charge in [-0.2, -0.15) is 13.2 Å². The summed E-state index contributed by atoms with van der Waals surface area (Å²) in [6, 6.07) is 4.18. The molecule has 0 aliphatic carbocycles. The minimum Gasteiger partial charge on any atom is -0.461 e. The highest BCUT2D eigenvalue weighted by Gasteiger charge is 2.30. The average molecular weight is 344 g/mol. The molecule has 16 heavy (non-hydrogen) atoms. The van der Waals surface area contributed by atoms with E-state index in [9.17, 15) is 18.0 Å². The van der Waals surface area contributed by atoms with Crippen molar-refractivity contribution in [3.63, 3.8) is 0 Å². The fourth-order valence-corrected chi connectivity index (χ4v) is 1.26. The average Bonchev–Trinajstić information content (AvgIpc) is 2.25. The van der Waals surface area contributed by atoms with Crippen LogP contribution in [0.4, 0.5) is 13.2 Å². The zero-order valence-electron chi connectivity index (χ0n) is 8.05. The first-order chi connectivity index (χ1) is 7.45. The third-order valence-electron chi connectivity index (χ3n) is 1.74. The Morgan fingerprint density at radius 3 is 2.62 bits per heavy atom. The van der Waals surface area contributed by atoms with E-state index in [-0.39, 0.29) is 12.2 Å². The summed E-state index contributed by atoms with van der Waals surface area (Å²) in [5.41, 5.74) is -0.934. The second kappa shape index (κ2) is 5.51. The van der Waals surface area contributed by atoms with Gasteiger partial charge in [0.25, 0.3) is 0 Å². The summed E-state index contributed by atoms with van der Waals surface area (Å²) in [6.07, 6.45) is -4.44. The van der Waals surface area contributed by atoms with Gasteiger partial charge in [-0.1, -0.05) is 28.7 Å². The molecule has 0 aliphatic rings. The maximum atomic E-state index is 12.3. The maximum absolute atomic E-state index is 12.3. The Bertz CT molecular complexity index is 377. The normalized spacial score (nSPS) is 11.2. The van der Waals surface area contributed by atoms with Crippen molar-refractivity contribution in [1.29, 1.82) is 0 Å². The van der Waals surface area contributed by atoms with Crippen LogP contribution in [0.5, 0.6) is 0 Å². The van der Waals surface area contributed by atoms with Crippen LogP contribution in [0.1, 0.15) is 15.9 Å².